The second-order valence-electron chi connectivity index (χ2n) is 3.61. The lowest BCUT2D eigenvalue weighted by molar-refractivity contribution is -0.115. The highest BCUT2D eigenvalue weighted by Gasteiger charge is 2.15. The number of nitrogens with zero attached hydrogens (tertiary/aromatic N) is 4. The summed E-state index contributed by atoms with van der Waals surface area (Å²) in [5, 5.41) is 16.3. The van der Waals surface area contributed by atoms with Crippen molar-refractivity contribution < 1.29 is 4.79 Å². The van der Waals surface area contributed by atoms with Crippen LogP contribution in [0.1, 0.15) is 12.0 Å². The van der Waals surface area contributed by atoms with Crippen molar-refractivity contribution in [1.82, 2.24) is 14.8 Å². The van der Waals surface area contributed by atoms with Gasteiger partial charge in [0, 0.05) is 17.9 Å². The molecule has 7 heteroatoms. The molecule has 0 spiro atoms. The minimum Gasteiger partial charge on any atom is -0.309 e. The zero-order valence-electron chi connectivity index (χ0n) is 9.88. The molecule has 0 radical (unpaired) electrons. The number of carbonyl (C=O) groups is 1. The van der Waals surface area contributed by atoms with Crippen molar-refractivity contribution in [3.05, 3.63) is 36.2 Å². The molecule has 0 aliphatic rings. The summed E-state index contributed by atoms with van der Waals surface area (Å²) in [6.07, 6.45) is 3.34. The van der Waals surface area contributed by atoms with Gasteiger partial charge in [-0.2, -0.15) is 15.0 Å². The summed E-state index contributed by atoms with van der Waals surface area (Å²) in [6, 6.07) is 7.32. The van der Waals surface area contributed by atoms with E-state index in [1.54, 1.807) is 24.4 Å². The standard InChI is InChI=1S/C12H10BrN5O/c13-5-4-11(19)17-12-9(7-14)8-16-18(12)10-3-1-2-6-15-10/h1-3,6,8H,4-5H2,(H,17,19). The van der Waals surface area contributed by atoms with Crippen molar-refractivity contribution in [2.75, 3.05) is 10.6 Å². The first kappa shape index (κ1) is 13.2. The van der Waals surface area contributed by atoms with Crippen molar-refractivity contribution in [2.45, 2.75) is 6.42 Å². The topological polar surface area (TPSA) is 83.6 Å². The molecule has 96 valence electrons. The molecule has 0 fully saturated rings. The van der Waals surface area contributed by atoms with E-state index in [2.05, 4.69) is 31.3 Å². The normalized spacial score (nSPS) is 9.89. The Hall–Kier alpha value is -2.20. The second-order valence-corrected chi connectivity index (χ2v) is 4.40. The molecule has 0 saturated heterocycles. The van der Waals surface area contributed by atoms with Gasteiger partial charge in [0.15, 0.2) is 11.6 Å². The first-order valence-corrected chi connectivity index (χ1v) is 6.63. The lowest BCUT2D eigenvalue weighted by Crippen LogP contribution is -2.16. The number of alkyl halides is 1. The van der Waals surface area contributed by atoms with Crippen LogP contribution in [0.25, 0.3) is 5.82 Å². The third kappa shape index (κ3) is 2.98. The summed E-state index contributed by atoms with van der Waals surface area (Å²) in [4.78, 5) is 15.8. The maximum atomic E-state index is 11.7. The molecular formula is C12H10BrN5O. The van der Waals surface area contributed by atoms with Crippen LogP contribution in [0.15, 0.2) is 30.6 Å². The zero-order valence-corrected chi connectivity index (χ0v) is 11.5. The van der Waals surface area contributed by atoms with Crippen LogP contribution >= 0.6 is 15.9 Å². The number of nitriles is 1. The van der Waals surface area contributed by atoms with Crippen LogP contribution in [-0.2, 0) is 4.79 Å². The molecule has 0 aromatic carbocycles. The minimum atomic E-state index is -0.189. The smallest absolute Gasteiger partial charge is 0.226 e. The lowest BCUT2D eigenvalue weighted by Gasteiger charge is -2.07. The molecule has 2 rings (SSSR count). The van der Waals surface area contributed by atoms with Gasteiger partial charge in [0.25, 0.3) is 0 Å². The molecule has 2 aromatic heterocycles. The van der Waals surface area contributed by atoms with Crippen LogP contribution < -0.4 is 5.32 Å². The predicted octanol–water partition coefficient (Wildman–Crippen LogP) is 1.86. The highest BCUT2D eigenvalue weighted by Crippen LogP contribution is 2.18. The van der Waals surface area contributed by atoms with E-state index in [0.29, 0.717) is 29.0 Å². The van der Waals surface area contributed by atoms with E-state index in [1.807, 2.05) is 6.07 Å². The fraction of sp³-hybridized carbons (Fsp3) is 0.167. The Kier molecular flexibility index (Phi) is 4.26. The number of rotatable bonds is 4. The Bertz CT molecular complexity index is 617. The molecule has 2 heterocycles. The van der Waals surface area contributed by atoms with Crippen LogP contribution in [-0.4, -0.2) is 26.0 Å². The number of anilines is 1. The van der Waals surface area contributed by atoms with Gasteiger partial charge in [-0.15, -0.1) is 0 Å². The monoisotopic (exact) mass is 319 g/mol. The second kappa shape index (κ2) is 6.11. The highest BCUT2D eigenvalue weighted by atomic mass is 79.9. The Morgan fingerprint density at radius 1 is 1.53 bits per heavy atom. The average Bonchev–Trinajstić information content (AvgIpc) is 2.82. The van der Waals surface area contributed by atoms with Gasteiger partial charge in [0.2, 0.25) is 5.91 Å². The predicted molar refractivity (Wildman–Crippen MR) is 73.1 cm³/mol. The van der Waals surface area contributed by atoms with Crippen molar-refractivity contribution in [1.29, 1.82) is 5.26 Å². The molecular weight excluding hydrogens is 310 g/mol. The van der Waals surface area contributed by atoms with E-state index in [1.165, 1.54) is 10.9 Å². The first-order valence-electron chi connectivity index (χ1n) is 5.51. The molecule has 2 aromatic rings. The van der Waals surface area contributed by atoms with Crippen molar-refractivity contribution in [3.8, 4) is 11.9 Å². The number of amides is 1. The number of aromatic nitrogens is 3. The summed E-state index contributed by atoms with van der Waals surface area (Å²) < 4.78 is 1.44. The van der Waals surface area contributed by atoms with Gasteiger partial charge in [-0.3, -0.25) is 4.79 Å². The van der Waals surface area contributed by atoms with Gasteiger partial charge in [-0.05, 0) is 12.1 Å². The highest BCUT2D eigenvalue weighted by molar-refractivity contribution is 9.09. The molecule has 0 aliphatic carbocycles. The van der Waals surface area contributed by atoms with Gasteiger partial charge >= 0.3 is 0 Å². The molecule has 1 amide bonds. The Morgan fingerprint density at radius 2 is 2.37 bits per heavy atom. The fourth-order valence-electron chi connectivity index (χ4n) is 1.48. The lowest BCUT2D eigenvalue weighted by atomic mass is 10.3. The summed E-state index contributed by atoms with van der Waals surface area (Å²) in [5.74, 6) is 0.691. The third-order valence-corrected chi connectivity index (χ3v) is 2.73. The average molecular weight is 320 g/mol. The van der Waals surface area contributed by atoms with E-state index >= 15 is 0 Å². The quantitative estimate of drug-likeness (QED) is 0.872. The SMILES string of the molecule is N#Cc1cnn(-c2ccccn2)c1NC(=O)CCBr. The summed E-state index contributed by atoms with van der Waals surface area (Å²) in [7, 11) is 0. The molecule has 0 aliphatic heterocycles. The Labute approximate surface area is 118 Å². The van der Waals surface area contributed by atoms with E-state index in [4.69, 9.17) is 5.26 Å². The van der Waals surface area contributed by atoms with E-state index < -0.39 is 0 Å². The van der Waals surface area contributed by atoms with Crippen LogP contribution in [0.2, 0.25) is 0 Å². The Morgan fingerprint density at radius 3 is 3.00 bits per heavy atom. The van der Waals surface area contributed by atoms with Gasteiger partial charge in [0.1, 0.15) is 11.6 Å². The molecule has 0 unspecified atom stereocenters. The first-order chi connectivity index (χ1) is 9.26. The fourth-order valence-corrected chi connectivity index (χ4v) is 1.84. The van der Waals surface area contributed by atoms with Crippen LogP contribution in [0, 0.1) is 11.3 Å². The number of carbonyl (C=O) groups excluding carboxylic acids is 1. The summed E-state index contributed by atoms with van der Waals surface area (Å²) in [5.41, 5.74) is 0.300. The molecule has 0 atom stereocenters. The van der Waals surface area contributed by atoms with Crippen LogP contribution in [0.4, 0.5) is 5.82 Å². The molecule has 6 nitrogen and oxygen atoms in total. The van der Waals surface area contributed by atoms with Crippen molar-refractivity contribution >= 4 is 27.7 Å². The summed E-state index contributed by atoms with van der Waals surface area (Å²) in [6.45, 7) is 0. The van der Waals surface area contributed by atoms with E-state index in [-0.39, 0.29) is 5.91 Å². The van der Waals surface area contributed by atoms with Crippen LogP contribution in [0.3, 0.4) is 0 Å². The van der Waals surface area contributed by atoms with Crippen molar-refractivity contribution in [3.63, 3.8) is 0 Å². The molecule has 0 saturated carbocycles. The molecule has 0 bridgehead atoms. The third-order valence-electron chi connectivity index (χ3n) is 2.34. The number of pyridine rings is 1. The maximum Gasteiger partial charge on any atom is 0.226 e. The number of hydrogen-bond acceptors (Lipinski definition) is 4. The zero-order chi connectivity index (χ0) is 13.7. The van der Waals surface area contributed by atoms with Gasteiger partial charge in [-0.25, -0.2) is 4.98 Å². The molecule has 19 heavy (non-hydrogen) atoms. The van der Waals surface area contributed by atoms with Gasteiger partial charge < -0.3 is 5.32 Å². The van der Waals surface area contributed by atoms with Crippen LogP contribution in [0.5, 0.6) is 0 Å². The summed E-state index contributed by atoms with van der Waals surface area (Å²) >= 11 is 3.19. The molecule has 1 N–H and O–H groups in total. The number of hydrogen-bond donors (Lipinski definition) is 1. The number of halogens is 1. The van der Waals surface area contributed by atoms with Gasteiger partial charge in [-0.1, -0.05) is 22.0 Å². The Balaban J connectivity index is 2.38. The maximum absolute atomic E-state index is 11.7. The van der Waals surface area contributed by atoms with Crippen molar-refractivity contribution in [2.24, 2.45) is 0 Å². The van der Waals surface area contributed by atoms with E-state index in [9.17, 15) is 4.79 Å². The largest absolute Gasteiger partial charge is 0.309 e. The van der Waals surface area contributed by atoms with E-state index in [0.717, 1.165) is 0 Å². The minimum absolute atomic E-state index is 0.189. The van der Waals surface area contributed by atoms with Gasteiger partial charge in [0.05, 0.1) is 6.20 Å². The number of nitrogens with one attached hydrogen (secondary N) is 1.